The SMILES string of the molecule is Cc1cc(C2(c3cc(C)c(O)c(C)c3)c3ccccc3-c3ccccc32)ccc1O. The summed E-state index contributed by atoms with van der Waals surface area (Å²) in [5, 5.41) is 20.7. The zero-order chi connectivity index (χ0) is 21.0. The summed E-state index contributed by atoms with van der Waals surface area (Å²) < 4.78 is 0. The third kappa shape index (κ3) is 2.37. The molecule has 0 fully saturated rings. The lowest BCUT2D eigenvalue weighted by Crippen LogP contribution is -2.29. The summed E-state index contributed by atoms with van der Waals surface area (Å²) >= 11 is 0. The molecule has 148 valence electrons. The van der Waals surface area contributed by atoms with Crippen LogP contribution in [0, 0.1) is 20.8 Å². The van der Waals surface area contributed by atoms with Crippen LogP contribution in [-0.2, 0) is 5.41 Å². The number of phenolic OH excluding ortho intramolecular Hbond substituents is 2. The van der Waals surface area contributed by atoms with E-state index in [0.717, 1.165) is 27.8 Å². The second-order valence-electron chi connectivity index (χ2n) is 8.30. The molecule has 0 amide bonds. The lowest BCUT2D eigenvalue weighted by atomic mass is 9.67. The number of benzene rings is 4. The normalized spacial score (nSPS) is 13.7. The van der Waals surface area contributed by atoms with Gasteiger partial charge in [0.15, 0.2) is 0 Å². The molecule has 0 saturated carbocycles. The predicted molar refractivity (Wildman–Crippen MR) is 121 cm³/mol. The highest BCUT2D eigenvalue weighted by molar-refractivity contribution is 5.86. The molecular formula is C28H24O2. The summed E-state index contributed by atoms with van der Waals surface area (Å²) in [6.45, 7) is 5.84. The maximum Gasteiger partial charge on any atom is 0.121 e. The Labute approximate surface area is 177 Å². The Kier molecular flexibility index (Phi) is 4.01. The Hall–Kier alpha value is -3.52. The van der Waals surface area contributed by atoms with Gasteiger partial charge in [-0.3, -0.25) is 0 Å². The topological polar surface area (TPSA) is 40.5 Å². The van der Waals surface area contributed by atoms with Crippen LogP contribution < -0.4 is 0 Å². The Morgan fingerprint density at radius 2 is 1.07 bits per heavy atom. The van der Waals surface area contributed by atoms with Gasteiger partial charge in [0, 0.05) is 0 Å². The van der Waals surface area contributed by atoms with Gasteiger partial charge in [-0.1, -0.05) is 72.8 Å². The van der Waals surface area contributed by atoms with Gasteiger partial charge < -0.3 is 10.2 Å². The summed E-state index contributed by atoms with van der Waals surface area (Å²) in [6, 6.07) is 27.2. The molecule has 0 heterocycles. The predicted octanol–water partition coefficient (Wildman–Crippen LogP) is 6.39. The van der Waals surface area contributed by atoms with Gasteiger partial charge in [-0.05, 0) is 76.9 Å². The number of rotatable bonds is 2. The monoisotopic (exact) mass is 392 g/mol. The Morgan fingerprint density at radius 1 is 0.567 bits per heavy atom. The fourth-order valence-corrected chi connectivity index (χ4v) is 5.08. The van der Waals surface area contributed by atoms with Crippen LogP contribution in [-0.4, -0.2) is 10.2 Å². The third-order valence-corrected chi connectivity index (χ3v) is 6.51. The number of hydrogen-bond donors (Lipinski definition) is 2. The van der Waals surface area contributed by atoms with Crippen molar-refractivity contribution >= 4 is 0 Å². The molecule has 5 rings (SSSR count). The van der Waals surface area contributed by atoms with Crippen molar-refractivity contribution in [3.05, 3.63) is 118 Å². The smallest absolute Gasteiger partial charge is 0.121 e. The molecule has 0 aliphatic heterocycles. The second kappa shape index (κ2) is 6.50. The lowest BCUT2D eigenvalue weighted by Gasteiger charge is -2.34. The molecule has 1 aliphatic carbocycles. The minimum absolute atomic E-state index is 0.298. The molecule has 0 saturated heterocycles. The van der Waals surface area contributed by atoms with Gasteiger partial charge in [0.05, 0.1) is 5.41 Å². The zero-order valence-electron chi connectivity index (χ0n) is 17.4. The summed E-state index contributed by atoms with van der Waals surface area (Å²) in [6.07, 6.45) is 0. The van der Waals surface area contributed by atoms with E-state index in [-0.39, 0.29) is 0 Å². The number of hydrogen-bond acceptors (Lipinski definition) is 2. The highest BCUT2D eigenvalue weighted by Crippen LogP contribution is 2.56. The molecule has 0 aromatic heterocycles. The zero-order valence-corrected chi connectivity index (χ0v) is 17.4. The van der Waals surface area contributed by atoms with Crippen LogP contribution in [0.2, 0.25) is 0 Å². The first-order valence-electron chi connectivity index (χ1n) is 10.2. The molecular weight excluding hydrogens is 368 g/mol. The molecule has 0 spiro atoms. The average Bonchev–Trinajstić information content (AvgIpc) is 3.05. The first kappa shape index (κ1) is 18.5. The van der Waals surface area contributed by atoms with Crippen molar-refractivity contribution in [2.75, 3.05) is 0 Å². The molecule has 2 N–H and O–H groups in total. The van der Waals surface area contributed by atoms with Crippen LogP contribution in [0.4, 0.5) is 0 Å². The van der Waals surface area contributed by atoms with E-state index < -0.39 is 5.41 Å². The van der Waals surface area contributed by atoms with Crippen LogP contribution in [0.25, 0.3) is 11.1 Å². The van der Waals surface area contributed by atoms with E-state index >= 15 is 0 Å². The van der Waals surface area contributed by atoms with E-state index in [1.54, 1.807) is 6.07 Å². The standard InChI is InChI=1S/C28H24O2/c1-17-14-20(12-13-26(17)29)28(21-15-18(2)27(30)19(3)16-21)24-10-6-4-8-22(24)23-9-5-7-11-25(23)28/h4-16,29-30H,1-3H3. The Balaban J connectivity index is 1.98. The summed E-state index contributed by atoms with van der Waals surface area (Å²) in [5.41, 5.74) is 9.18. The van der Waals surface area contributed by atoms with E-state index in [4.69, 9.17) is 0 Å². The highest BCUT2D eigenvalue weighted by atomic mass is 16.3. The fourth-order valence-electron chi connectivity index (χ4n) is 5.08. The number of aryl methyl sites for hydroxylation is 3. The minimum atomic E-state index is -0.519. The van der Waals surface area contributed by atoms with Gasteiger partial charge in [0.25, 0.3) is 0 Å². The van der Waals surface area contributed by atoms with E-state index in [9.17, 15) is 10.2 Å². The van der Waals surface area contributed by atoms with Gasteiger partial charge in [-0.25, -0.2) is 0 Å². The molecule has 0 unspecified atom stereocenters. The molecule has 0 atom stereocenters. The van der Waals surface area contributed by atoms with Crippen LogP contribution in [0.1, 0.15) is 38.9 Å². The van der Waals surface area contributed by atoms with E-state index in [2.05, 4.69) is 66.7 Å². The van der Waals surface area contributed by atoms with Gasteiger partial charge in [-0.2, -0.15) is 0 Å². The van der Waals surface area contributed by atoms with E-state index in [1.165, 1.54) is 22.3 Å². The molecule has 0 bridgehead atoms. The first-order chi connectivity index (χ1) is 14.4. The highest BCUT2D eigenvalue weighted by Gasteiger charge is 2.46. The largest absolute Gasteiger partial charge is 0.508 e. The molecule has 1 aliphatic rings. The van der Waals surface area contributed by atoms with Crippen molar-refractivity contribution in [2.24, 2.45) is 0 Å². The van der Waals surface area contributed by atoms with Crippen LogP contribution in [0.15, 0.2) is 78.9 Å². The molecule has 2 heteroatoms. The Morgan fingerprint density at radius 3 is 1.60 bits per heavy atom. The van der Waals surface area contributed by atoms with Crippen molar-refractivity contribution in [3.63, 3.8) is 0 Å². The van der Waals surface area contributed by atoms with Gasteiger partial charge in [-0.15, -0.1) is 0 Å². The number of aromatic hydroxyl groups is 2. The molecule has 4 aromatic carbocycles. The summed E-state index contributed by atoms with van der Waals surface area (Å²) in [5.74, 6) is 0.641. The van der Waals surface area contributed by atoms with E-state index in [0.29, 0.717) is 11.5 Å². The number of phenols is 2. The van der Waals surface area contributed by atoms with Crippen molar-refractivity contribution in [1.29, 1.82) is 0 Å². The molecule has 30 heavy (non-hydrogen) atoms. The Bertz CT molecular complexity index is 1230. The lowest BCUT2D eigenvalue weighted by molar-refractivity contribution is 0.466. The van der Waals surface area contributed by atoms with Gasteiger partial charge in [0.2, 0.25) is 0 Å². The minimum Gasteiger partial charge on any atom is -0.508 e. The van der Waals surface area contributed by atoms with E-state index in [1.807, 2.05) is 26.8 Å². The van der Waals surface area contributed by atoms with Gasteiger partial charge >= 0.3 is 0 Å². The molecule has 0 radical (unpaired) electrons. The van der Waals surface area contributed by atoms with Crippen molar-refractivity contribution in [2.45, 2.75) is 26.2 Å². The summed E-state index contributed by atoms with van der Waals surface area (Å²) in [7, 11) is 0. The van der Waals surface area contributed by atoms with Crippen LogP contribution >= 0.6 is 0 Å². The third-order valence-electron chi connectivity index (χ3n) is 6.51. The van der Waals surface area contributed by atoms with Gasteiger partial charge in [0.1, 0.15) is 11.5 Å². The summed E-state index contributed by atoms with van der Waals surface area (Å²) in [4.78, 5) is 0. The average molecular weight is 392 g/mol. The second-order valence-corrected chi connectivity index (χ2v) is 8.30. The van der Waals surface area contributed by atoms with Crippen LogP contribution in [0.5, 0.6) is 11.5 Å². The van der Waals surface area contributed by atoms with Crippen molar-refractivity contribution in [1.82, 2.24) is 0 Å². The van der Waals surface area contributed by atoms with Crippen molar-refractivity contribution in [3.8, 4) is 22.6 Å². The fraction of sp³-hybridized carbons (Fsp3) is 0.143. The van der Waals surface area contributed by atoms with Crippen LogP contribution in [0.3, 0.4) is 0 Å². The first-order valence-corrected chi connectivity index (χ1v) is 10.2. The quantitative estimate of drug-likeness (QED) is 0.366. The maximum absolute atomic E-state index is 10.5. The number of fused-ring (bicyclic) bond motifs is 3. The molecule has 4 aromatic rings. The molecule has 2 nitrogen and oxygen atoms in total. The van der Waals surface area contributed by atoms with Crippen molar-refractivity contribution < 1.29 is 10.2 Å². The maximum atomic E-state index is 10.5.